The minimum Gasteiger partial charge on any atom is -0.336 e. The molecular formula is C14H18F3N5O. The molecule has 6 nitrogen and oxygen atoms in total. The van der Waals surface area contributed by atoms with Crippen molar-refractivity contribution in [2.75, 3.05) is 7.05 Å². The first-order valence-corrected chi connectivity index (χ1v) is 7.03. The fourth-order valence-corrected chi connectivity index (χ4v) is 2.32. The average Bonchev–Trinajstić information content (AvgIpc) is 3.01. The molecule has 0 aromatic carbocycles. The van der Waals surface area contributed by atoms with E-state index in [-0.39, 0.29) is 12.2 Å². The fraction of sp³-hybridized carbons (Fsp3) is 0.500. The highest BCUT2D eigenvalue weighted by Crippen LogP contribution is 2.29. The predicted octanol–water partition coefficient (Wildman–Crippen LogP) is 2.24. The summed E-state index contributed by atoms with van der Waals surface area (Å²) in [5, 5.41) is 7.85. The summed E-state index contributed by atoms with van der Waals surface area (Å²) in [6.07, 6.45) is -2.89. The second-order valence-electron chi connectivity index (χ2n) is 5.27. The van der Waals surface area contributed by atoms with Gasteiger partial charge in [0.05, 0.1) is 6.20 Å². The molecule has 0 atom stereocenters. The van der Waals surface area contributed by atoms with Crippen molar-refractivity contribution in [2.45, 2.75) is 33.1 Å². The lowest BCUT2D eigenvalue weighted by Gasteiger charge is -2.15. The molecule has 0 aliphatic heterocycles. The summed E-state index contributed by atoms with van der Waals surface area (Å²) in [4.78, 5) is 13.6. The fourth-order valence-electron chi connectivity index (χ4n) is 2.32. The van der Waals surface area contributed by atoms with Gasteiger partial charge in [-0.25, -0.2) is 0 Å². The van der Waals surface area contributed by atoms with Gasteiger partial charge in [0, 0.05) is 44.5 Å². The Morgan fingerprint density at radius 3 is 2.52 bits per heavy atom. The molecule has 0 radical (unpaired) electrons. The molecule has 0 unspecified atom stereocenters. The van der Waals surface area contributed by atoms with Crippen LogP contribution in [0.4, 0.5) is 13.2 Å². The van der Waals surface area contributed by atoms with E-state index in [0.717, 1.165) is 24.4 Å². The van der Waals surface area contributed by atoms with Crippen LogP contribution in [0.25, 0.3) is 0 Å². The van der Waals surface area contributed by atoms with Crippen LogP contribution in [0, 0.1) is 6.92 Å². The topological polar surface area (TPSA) is 56.0 Å². The van der Waals surface area contributed by atoms with Crippen LogP contribution in [0.2, 0.25) is 0 Å². The van der Waals surface area contributed by atoms with Gasteiger partial charge in [-0.2, -0.15) is 23.4 Å². The molecule has 0 fully saturated rings. The molecule has 2 rings (SSSR count). The summed E-state index contributed by atoms with van der Waals surface area (Å²) in [6.45, 7) is 4.79. The quantitative estimate of drug-likeness (QED) is 0.864. The first-order valence-electron chi connectivity index (χ1n) is 7.03. The maximum Gasteiger partial charge on any atom is 0.433 e. The summed E-state index contributed by atoms with van der Waals surface area (Å²) in [5.74, 6) is -0.570. The highest BCUT2D eigenvalue weighted by molar-refractivity contribution is 5.92. The highest BCUT2D eigenvalue weighted by atomic mass is 19.4. The molecule has 9 heteroatoms. The minimum atomic E-state index is -4.54. The van der Waals surface area contributed by atoms with Gasteiger partial charge in [0.15, 0.2) is 5.69 Å². The number of nitrogens with zero attached hydrogens (tertiary/aromatic N) is 5. The predicted molar refractivity (Wildman–Crippen MR) is 76.6 cm³/mol. The molecule has 1 amide bonds. The van der Waals surface area contributed by atoms with Crippen LogP contribution in [0.15, 0.2) is 12.3 Å². The Morgan fingerprint density at radius 2 is 2.04 bits per heavy atom. The summed E-state index contributed by atoms with van der Waals surface area (Å²) >= 11 is 0. The number of aryl methyl sites for hydroxylation is 2. The molecule has 23 heavy (non-hydrogen) atoms. The van der Waals surface area contributed by atoms with Gasteiger partial charge >= 0.3 is 6.18 Å². The highest BCUT2D eigenvalue weighted by Gasteiger charge is 2.36. The Bertz CT molecular complexity index is 717. The number of rotatable bonds is 4. The Hall–Kier alpha value is -2.32. The smallest absolute Gasteiger partial charge is 0.336 e. The van der Waals surface area contributed by atoms with Gasteiger partial charge in [0.25, 0.3) is 5.91 Å². The second-order valence-corrected chi connectivity index (χ2v) is 5.27. The monoisotopic (exact) mass is 329 g/mol. The largest absolute Gasteiger partial charge is 0.433 e. The molecule has 0 aliphatic rings. The first-order chi connectivity index (χ1) is 10.6. The number of halogens is 3. The standard InChI is InChI=1S/C14H18F3N5O/c1-5-22-9(2)10(7-18-22)8-20(3)13(23)11-6-12(14(15,16)17)21(4)19-11/h6-7H,5,8H2,1-4H3. The van der Waals surface area contributed by atoms with Crippen molar-refractivity contribution in [3.05, 3.63) is 34.9 Å². The normalized spacial score (nSPS) is 11.8. The zero-order valence-electron chi connectivity index (χ0n) is 13.3. The zero-order valence-corrected chi connectivity index (χ0v) is 13.3. The van der Waals surface area contributed by atoms with Gasteiger partial charge in [-0.05, 0) is 13.8 Å². The van der Waals surface area contributed by atoms with E-state index in [4.69, 9.17) is 0 Å². The van der Waals surface area contributed by atoms with Gasteiger partial charge < -0.3 is 4.90 Å². The third-order valence-electron chi connectivity index (χ3n) is 3.65. The van der Waals surface area contributed by atoms with E-state index in [0.29, 0.717) is 11.2 Å². The molecule has 126 valence electrons. The van der Waals surface area contributed by atoms with Crippen molar-refractivity contribution in [2.24, 2.45) is 7.05 Å². The van der Waals surface area contributed by atoms with E-state index < -0.39 is 17.8 Å². The lowest BCUT2D eigenvalue weighted by atomic mass is 10.2. The van der Waals surface area contributed by atoms with Gasteiger partial charge in [-0.3, -0.25) is 14.2 Å². The van der Waals surface area contributed by atoms with Crippen molar-refractivity contribution in [1.82, 2.24) is 24.5 Å². The summed E-state index contributed by atoms with van der Waals surface area (Å²) in [5.41, 5.74) is 0.575. The third kappa shape index (κ3) is 3.38. The lowest BCUT2D eigenvalue weighted by Crippen LogP contribution is -2.27. The van der Waals surface area contributed by atoms with E-state index in [9.17, 15) is 18.0 Å². The van der Waals surface area contributed by atoms with E-state index >= 15 is 0 Å². The van der Waals surface area contributed by atoms with E-state index in [1.165, 1.54) is 11.9 Å². The zero-order chi connectivity index (χ0) is 17.4. The molecule has 2 aromatic heterocycles. The average molecular weight is 329 g/mol. The van der Waals surface area contributed by atoms with Crippen molar-refractivity contribution < 1.29 is 18.0 Å². The molecule has 0 bridgehead atoms. The second kappa shape index (κ2) is 6.05. The molecule has 0 aliphatic carbocycles. The molecule has 0 N–H and O–H groups in total. The van der Waals surface area contributed by atoms with Crippen LogP contribution in [0.5, 0.6) is 0 Å². The third-order valence-corrected chi connectivity index (χ3v) is 3.65. The molecule has 0 saturated heterocycles. The molecule has 2 aromatic rings. The lowest BCUT2D eigenvalue weighted by molar-refractivity contribution is -0.143. The van der Waals surface area contributed by atoms with E-state index in [1.807, 2.05) is 13.8 Å². The van der Waals surface area contributed by atoms with Crippen LogP contribution in [-0.2, 0) is 26.3 Å². The van der Waals surface area contributed by atoms with Crippen LogP contribution < -0.4 is 0 Å². The van der Waals surface area contributed by atoms with Gasteiger partial charge in [0.2, 0.25) is 0 Å². The number of carbonyl (C=O) groups is 1. The Labute approximate surface area is 131 Å². The van der Waals surface area contributed by atoms with Gasteiger partial charge in [-0.1, -0.05) is 0 Å². The summed E-state index contributed by atoms with van der Waals surface area (Å²) in [6, 6.07) is 0.765. The van der Waals surface area contributed by atoms with Crippen LogP contribution in [0.1, 0.15) is 34.4 Å². The first kappa shape index (κ1) is 17.0. The molecule has 2 heterocycles. The maximum atomic E-state index is 12.8. The number of alkyl halides is 3. The van der Waals surface area contributed by atoms with E-state index in [2.05, 4.69) is 10.2 Å². The molecule has 0 spiro atoms. The SMILES string of the molecule is CCn1ncc(CN(C)C(=O)c2cc(C(F)(F)F)n(C)n2)c1C. The summed E-state index contributed by atoms with van der Waals surface area (Å²) < 4.78 is 40.8. The number of aromatic nitrogens is 4. The number of carbonyl (C=O) groups excluding carboxylic acids is 1. The Morgan fingerprint density at radius 1 is 1.39 bits per heavy atom. The van der Waals surface area contributed by atoms with Crippen LogP contribution in [0.3, 0.4) is 0 Å². The van der Waals surface area contributed by atoms with E-state index in [1.54, 1.807) is 10.9 Å². The minimum absolute atomic E-state index is 0.233. The van der Waals surface area contributed by atoms with Crippen LogP contribution in [-0.4, -0.2) is 37.4 Å². The van der Waals surface area contributed by atoms with Crippen molar-refractivity contribution in [1.29, 1.82) is 0 Å². The van der Waals surface area contributed by atoms with Gasteiger partial charge in [-0.15, -0.1) is 0 Å². The van der Waals surface area contributed by atoms with Crippen LogP contribution >= 0.6 is 0 Å². The number of hydrogen-bond acceptors (Lipinski definition) is 3. The Balaban J connectivity index is 2.18. The summed E-state index contributed by atoms with van der Waals surface area (Å²) in [7, 11) is 2.68. The van der Waals surface area contributed by atoms with Crippen molar-refractivity contribution >= 4 is 5.91 Å². The van der Waals surface area contributed by atoms with Crippen molar-refractivity contribution in [3.63, 3.8) is 0 Å². The number of amides is 1. The molecular weight excluding hydrogens is 311 g/mol. The molecule has 0 saturated carbocycles. The maximum absolute atomic E-state index is 12.8. The number of hydrogen-bond donors (Lipinski definition) is 0. The van der Waals surface area contributed by atoms with Gasteiger partial charge in [0.1, 0.15) is 5.69 Å². The van der Waals surface area contributed by atoms with Crippen molar-refractivity contribution in [3.8, 4) is 0 Å². The Kier molecular flexibility index (Phi) is 4.49.